The summed E-state index contributed by atoms with van der Waals surface area (Å²) in [5.74, 6) is -0.0380. The Labute approximate surface area is 170 Å². The summed E-state index contributed by atoms with van der Waals surface area (Å²) in [6.45, 7) is 6.40. The van der Waals surface area contributed by atoms with E-state index in [1.54, 1.807) is 12.1 Å². The number of aryl methyl sites for hydroxylation is 1. The first-order valence-electron chi connectivity index (χ1n) is 9.91. The lowest BCUT2D eigenvalue weighted by molar-refractivity contribution is -0.914. The molecule has 3 aromatic rings. The minimum Gasteiger partial charge on any atom is -0.508 e. The van der Waals surface area contributed by atoms with Gasteiger partial charge in [-0.1, -0.05) is 18.2 Å². The molecule has 0 radical (unpaired) electrons. The molecule has 1 aliphatic heterocycles. The Morgan fingerprint density at radius 3 is 2.52 bits per heavy atom. The fraction of sp³-hybridized carbons (Fsp3) is 0.304. The third-order valence-electron chi connectivity index (χ3n) is 5.72. The zero-order valence-corrected chi connectivity index (χ0v) is 16.8. The predicted molar refractivity (Wildman–Crippen MR) is 113 cm³/mol. The minimum atomic E-state index is -0.321. The van der Waals surface area contributed by atoms with Gasteiger partial charge in [0.05, 0.1) is 44.4 Å². The van der Waals surface area contributed by atoms with Crippen LogP contribution >= 0.6 is 0 Å². The van der Waals surface area contributed by atoms with Crippen LogP contribution in [-0.2, 0) is 11.3 Å². The Bertz CT molecular complexity index is 1030. The summed E-state index contributed by atoms with van der Waals surface area (Å²) in [5, 5.41) is 10.5. The number of methoxy groups -OCH3 is 1. The van der Waals surface area contributed by atoms with Gasteiger partial charge in [-0.15, -0.1) is 0 Å². The molecule has 150 valence electrons. The van der Waals surface area contributed by atoms with Crippen LogP contribution in [-0.4, -0.2) is 49.3 Å². The number of benzene rings is 2. The van der Waals surface area contributed by atoms with Crippen LogP contribution in [0.4, 0.5) is 5.69 Å². The molecule has 0 atom stereocenters. The molecule has 0 unspecified atom stereocenters. The summed E-state index contributed by atoms with van der Waals surface area (Å²) in [6.07, 6.45) is 0. The SMILES string of the molecule is COC(=O)c1c(C[NH+]2CCN(c3ccc(O)cc3)CC2)nc2ccccc2c1C. The number of ether oxygens (including phenoxy) is 1. The molecule has 0 amide bonds. The van der Waals surface area contributed by atoms with Crippen LogP contribution < -0.4 is 9.80 Å². The van der Waals surface area contributed by atoms with Crippen molar-refractivity contribution < 1.29 is 19.5 Å². The van der Waals surface area contributed by atoms with Crippen molar-refractivity contribution in [3.8, 4) is 5.75 Å². The van der Waals surface area contributed by atoms with Crippen molar-refractivity contribution in [1.29, 1.82) is 0 Å². The molecule has 29 heavy (non-hydrogen) atoms. The summed E-state index contributed by atoms with van der Waals surface area (Å²) in [7, 11) is 1.42. The zero-order chi connectivity index (χ0) is 20.4. The van der Waals surface area contributed by atoms with Gasteiger partial charge in [0.2, 0.25) is 0 Å². The van der Waals surface area contributed by atoms with Gasteiger partial charge < -0.3 is 19.6 Å². The van der Waals surface area contributed by atoms with Crippen LogP contribution in [0, 0.1) is 6.92 Å². The molecule has 4 rings (SSSR count). The third kappa shape index (κ3) is 3.89. The highest BCUT2D eigenvalue weighted by Crippen LogP contribution is 2.23. The van der Waals surface area contributed by atoms with Gasteiger partial charge in [-0.3, -0.25) is 0 Å². The lowest BCUT2D eigenvalue weighted by Crippen LogP contribution is -3.13. The van der Waals surface area contributed by atoms with E-state index in [1.165, 1.54) is 12.0 Å². The highest BCUT2D eigenvalue weighted by molar-refractivity contribution is 5.98. The molecule has 1 aromatic heterocycles. The first-order chi connectivity index (χ1) is 14.1. The molecule has 0 bridgehead atoms. The van der Waals surface area contributed by atoms with Crippen molar-refractivity contribution in [2.24, 2.45) is 0 Å². The van der Waals surface area contributed by atoms with E-state index in [2.05, 4.69) is 4.90 Å². The van der Waals surface area contributed by atoms with E-state index in [1.807, 2.05) is 43.3 Å². The maximum absolute atomic E-state index is 12.5. The number of hydrogen-bond acceptors (Lipinski definition) is 5. The van der Waals surface area contributed by atoms with Gasteiger partial charge in [0.15, 0.2) is 0 Å². The van der Waals surface area contributed by atoms with Crippen LogP contribution in [0.15, 0.2) is 48.5 Å². The van der Waals surface area contributed by atoms with E-state index in [0.29, 0.717) is 12.1 Å². The Balaban J connectivity index is 1.55. The van der Waals surface area contributed by atoms with Crippen molar-refractivity contribution in [1.82, 2.24) is 4.98 Å². The summed E-state index contributed by atoms with van der Waals surface area (Å²) in [6, 6.07) is 15.3. The van der Waals surface area contributed by atoms with Crippen LogP contribution in [0.1, 0.15) is 21.6 Å². The van der Waals surface area contributed by atoms with Crippen LogP contribution in [0.25, 0.3) is 10.9 Å². The average Bonchev–Trinajstić information content (AvgIpc) is 2.75. The number of para-hydroxylation sites is 1. The number of hydrogen-bond donors (Lipinski definition) is 2. The number of aromatic nitrogens is 1. The number of pyridine rings is 1. The fourth-order valence-corrected chi connectivity index (χ4v) is 4.10. The number of phenolic OH excluding ortho intramolecular Hbond substituents is 1. The molecule has 2 N–H and O–H groups in total. The number of rotatable bonds is 4. The van der Waals surface area contributed by atoms with Gasteiger partial charge in [-0.25, -0.2) is 9.78 Å². The van der Waals surface area contributed by atoms with Crippen LogP contribution in [0.5, 0.6) is 5.75 Å². The van der Waals surface area contributed by atoms with E-state index >= 15 is 0 Å². The average molecular weight is 392 g/mol. The number of quaternary nitrogens is 1. The largest absolute Gasteiger partial charge is 0.508 e. The Hall–Kier alpha value is -3.12. The lowest BCUT2D eigenvalue weighted by Gasteiger charge is -2.33. The molecule has 2 aromatic carbocycles. The number of nitrogens with one attached hydrogen (secondary N) is 1. The number of carbonyl (C=O) groups excluding carboxylic acids is 1. The van der Waals surface area contributed by atoms with Crippen LogP contribution in [0.3, 0.4) is 0 Å². The highest BCUT2D eigenvalue weighted by atomic mass is 16.5. The quantitative estimate of drug-likeness (QED) is 0.665. The lowest BCUT2D eigenvalue weighted by atomic mass is 10.0. The number of anilines is 1. The zero-order valence-electron chi connectivity index (χ0n) is 16.8. The number of phenols is 1. The summed E-state index contributed by atoms with van der Waals surface area (Å²) >= 11 is 0. The second-order valence-electron chi connectivity index (χ2n) is 7.50. The highest BCUT2D eigenvalue weighted by Gasteiger charge is 2.25. The second kappa shape index (κ2) is 8.09. The Kier molecular flexibility index (Phi) is 5.36. The first-order valence-corrected chi connectivity index (χ1v) is 9.91. The monoisotopic (exact) mass is 392 g/mol. The van der Waals surface area contributed by atoms with Crippen LogP contribution in [0.2, 0.25) is 0 Å². The maximum atomic E-state index is 12.5. The van der Waals surface area contributed by atoms with Gasteiger partial charge in [0.1, 0.15) is 18.0 Å². The summed E-state index contributed by atoms with van der Waals surface area (Å²) < 4.78 is 5.06. The molecule has 2 heterocycles. The number of fused-ring (bicyclic) bond motifs is 1. The normalized spacial score (nSPS) is 14.9. The molecule has 6 nitrogen and oxygen atoms in total. The molecule has 0 aliphatic carbocycles. The molecule has 1 fully saturated rings. The molecular formula is C23H26N3O3+. The number of nitrogens with zero attached hydrogens (tertiary/aromatic N) is 2. The van der Waals surface area contributed by atoms with E-state index in [-0.39, 0.29) is 11.7 Å². The first kappa shape index (κ1) is 19.2. The molecular weight excluding hydrogens is 366 g/mol. The molecule has 0 spiro atoms. The van der Waals surface area contributed by atoms with E-state index in [4.69, 9.17) is 9.72 Å². The molecule has 0 saturated carbocycles. The van der Waals surface area contributed by atoms with Gasteiger partial charge >= 0.3 is 5.97 Å². The molecule has 1 aliphatic rings. The van der Waals surface area contributed by atoms with Crippen molar-refractivity contribution in [2.75, 3.05) is 38.2 Å². The van der Waals surface area contributed by atoms with E-state index < -0.39 is 0 Å². The van der Waals surface area contributed by atoms with Crippen molar-refractivity contribution in [2.45, 2.75) is 13.5 Å². The van der Waals surface area contributed by atoms with Gasteiger partial charge in [-0.2, -0.15) is 0 Å². The smallest absolute Gasteiger partial charge is 0.340 e. The molecule has 1 saturated heterocycles. The van der Waals surface area contributed by atoms with Gasteiger partial charge in [0.25, 0.3) is 0 Å². The van der Waals surface area contributed by atoms with E-state index in [0.717, 1.165) is 54.0 Å². The standard InChI is InChI=1S/C23H25N3O3/c1-16-19-5-3-4-6-20(19)24-21(22(16)23(28)29-2)15-25-11-13-26(14-12-25)17-7-9-18(27)10-8-17/h3-10,27H,11-15H2,1-2H3/p+1. The Morgan fingerprint density at radius 2 is 1.83 bits per heavy atom. The second-order valence-corrected chi connectivity index (χ2v) is 7.50. The van der Waals surface area contributed by atoms with Gasteiger partial charge in [0, 0.05) is 11.1 Å². The Morgan fingerprint density at radius 1 is 1.14 bits per heavy atom. The fourth-order valence-electron chi connectivity index (χ4n) is 4.10. The van der Waals surface area contributed by atoms with Gasteiger partial charge in [-0.05, 0) is 42.8 Å². The van der Waals surface area contributed by atoms with Crippen molar-refractivity contribution >= 4 is 22.6 Å². The molecule has 6 heteroatoms. The number of aromatic hydroxyl groups is 1. The topological polar surface area (TPSA) is 67.1 Å². The van der Waals surface area contributed by atoms with Crippen molar-refractivity contribution in [3.63, 3.8) is 0 Å². The number of carbonyl (C=O) groups is 1. The number of piperazine rings is 1. The summed E-state index contributed by atoms with van der Waals surface area (Å²) in [5.41, 5.74) is 4.37. The van der Waals surface area contributed by atoms with E-state index in [9.17, 15) is 9.90 Å². The minimum absolute atomic E-state index is 0.283. The maximum Gasteiger partial charge on any atom is 0.340 e. The summed E-state index contributed by atoms with van der Waals surface area (Å²) in [4.78, 5) is 21.0. The third-order valence-corrected chi connectivity index (χ3v) is 5.72. The van der Waals surface area contributed by atoms with Crippen molar-refractivity contribution in [3.05, 3.63) is 65.4 Å². The predicted octanol–water partition coefficient (Wildman–Crippen LogP) is 1.94. The number of esters is 1.